The Morgan fingerprint density at radius 2 is 2.04 bits per heavy atom. The summed E-state index contributed by atoms with van der Waals surface area (Å²) in [7, 11) is 1.67. The molecule has 0 radical (unpaired) electrons. The van der Waals surface area contributed by atoms with Crippen molar-refractivity contribution in [1.29, 1.82) is 0 Å². The van der Waals surface area contributed by atoms with E-state index in [1.165, 1.54) is 0 Å². The van der Waals surface area contributed by atoms with Gasteiger partial charge in [0.1, 0.15) is 5.82 Å². The zero-order chi connectivity index (χ0) is 17.2. The molecule has 2 aliphatic rings. The van der Waals surface area contributed by atoms with Crippen molar-refractivity contribution >= 4 is 5.91 Å². The van der Waals surface area contributed by atoms with Gasteiger partial charge >= 0.3 is 0 Å². The van der Waals surface area contributed by atoms with Gasteiger partial charge in [-0.05, 0) is 44.3 Å². The first-order valence-corrected chi connectivity index (χ1v) is 8.75. The van der Waals surface area contributed by atoms with Gasteiger partial charge in [0.05, 0.1) is 6.61 Å². The summed E-state index contributed by atoms with van der Waals surface area (Å²) < 4.78 is 19.0. The average molecular weight is 334 g/mol. The summed E-state index contributed by atoms with van der Waals surface area (Å²) in [5.41, 5.74) is 1.98. The van der Waals surface area contributed by atoms with Crippen LogP contribution in [0.5, 0.6) is 0 Å². The van der Waals surface area contributed by atoms with E-state index in [4.69, 9.17) is 4.74 Å². The van der Waals surface area contributed by atoms with Crippen molar-refractivity contribution in [2.24, 2.45) is 5.41 Å². The van der Waals surface area contributed by atoms with Crippen molar-refractivity contribution in [3.63, 3.8) is 0 Å². The summed E-state index contributed by atoms with van der Waals surface area (Å²) in [5.74, 6) is 0.132. The topological polar surface area (TPSA) is 32.8 Å². The highest BCUT2D eigenvalue weighted by atomic mass is 19.1. The van der Waals surface area contributed by atoms with Crippen LogP contribution in [0, 0.1) is 18.2 Å². The highest BCUT2D eigenvalue weighted by Gasteiger charge is 2.44. The van der Waals surface area contributed by atoms with Crippen molar-refractivity contribution < 1.29 is 13.9 Å². The number of benzene rings is 1. The molecular formula is C19H27FN2O2. The molecule has 132 valence electrons. The van der Waals surface area contributed by atoms with Gasteiger partial charge in [-0.15, -0.1) is 0 Å². The Hall–Kier alpha value is -1.46. The predicted octanol–water partition coefficient (Wildman–Crippen LogP) is 2.60. The zero-order valence-corrected chi connectivity index (χ0v) is 14.7. The lowest BCUT2D eigenvalue weighted by atomic mass is 9.77. The molecule has 0 atom stereocenters. The number of likely N-dealkylation sites (tertiary alicyclic amines) is 2. The van der Waals surface area contributed by atoms with E-state index in [9.17, 15) is 9.18 Å². The minimum Gasteiger partial charge on any atom is -0.383 e. The second-order valence-corrected chi connectivity index (χ2v) is 7.36. The third-order valence-corrected chi connectivity index (χ3v) is 5.48. The Balaban J connectivity index is 1.56. The molecule has 1 spiro atoms. The van der Waals surface area contributed by atoms with Crippen LogP contribution in [0.1, 0.15) is 30.4 Å². The number of rotatable bonds is 5. The van der Waals surface area contributed by atoms with E-state index >= 15 is 0 Å². The van der Waals surface area contributed by atoms with Gasteiger partial charge in [0.2, 0.25) is 5.91 Å². The van der Waals surface area contributed by atoms with E-state index in [0.29, 0.717) is 26.1 Å². The monoisotopic (exact) mass is 334 g/mol. The number of halogens is 1. The van der Waals surface area contributed by atoms with Crippen molar-refractivity contribution in [2.75, 3.05) is 39.9 Å². The van der Waals surface area contributed by atoms with Crippen LogP contribution in [0.4, 0.5) is 4.39 Å². The second-order valence-electron chi connectivity index (χ2n) is 7.36. The van der Waals surface area contributed by atoms with Crippen LogP contribution >= 0.6 is 0 Å². The van der Waals surface area contributed by atoms with E-state index in [2.05, 4.69) is 4.90 Å². The van der Waals surface area contributed by atoms with Crippen molar-refractivity contribution in [3.05, 3.63) is 35.1 Å². The minimum absolute atomic E-state index is 0.118. The molecule has 4 nitrogen and oxygen atoms in total. The molecule has 0 unspecified atom stereocenters. The van der Waals surface area contributed by atoms with Gasteiger partial charge in [-0.2, -0.15) is 0 Å². The Labute approximate surface area is 143 Å². The normalized spacial score (nSPS) is 21.0. The number of hydrogen-bond donors (Lipinski definition) is 0. The van der Waals surface area contributed by atoms with Crippen molar-refractivity contribution in [1.82, 2.24) is 9.80 Å². The summed E-state index contributed by atoms with van der Waals surface area (Å²) in [5, 5.41) is 0. The molecule has 0 saturated carbocycles. The molecule has 1 amide bonds. The number of ether oxygens (including phenoxy) is 1. The summed E-state index contributed by atoms with van der Waals surface area (Å²) >= 11 is 0. The maximum absolute atomic E-state index is 14.0. The van der Waals surface area contributed by atoms with E-state index in [-0.39, 0.29) is 17.1 Å². The Morgan fingerprint density at radius 1 is 1.29 bits per heavy atom. The molecule has 0 bridgehead atoms. The molecule has 5 heteroatoms. The summed E-state index contributed by atoms with van der Waals surface area (Å²) in [6.45, 7) is 6.65. The quantitative estimate of drug-likeness (QED) is 0.830. The SMILES string of the molecule is COCCN1CC2(CCN(Cc3cc(C)ccc3F)CC2)CC1=O. The van der Waals surface area contributed by atoms with Gasteiger partial charge in [0, 0.05) is 38.7 Å². The molecule has 1 aromatic rings. The van der Waals surface area contributed by atoms with E-state index < -0.39 is 0 Å². The van der Waals surface area contributed by atoms with Gasteiger partial charge < -0.3 is 9.64 Å². The Kier molecular flexibility index (Phi) is 5.21. The fourth-order valence-electron chi connectivity index (χ4n) is 3.97. The van der Waals surface area contributed by atoms with E-state index in [1.54, 1.807) is 13.2 Å². The summed E-state index contributed by atoms with van der Waals surface area (Å²) in [6, 6.07) is 5.30. The van der Waals surface area contributed by atoms with Crippen LogP contribution in [0.15, 0.2) is 18.2 Å². The highest BCUT2D eigenvalue weighted by molar-refractivity contribution is 5.79. The average Bonchev–Trinajstić information content (AvgIpc) is 2.87. The largest absolute Gasteiger partial charge is 0.383 e. The minimum atomic E-state index is -0.123. The molecule has 2 aliphatic heterocycles. The standard InChI is InChI=1S/C19H27FN2O2/c1-15-3-4-17(20)16(11-15)13-21-7-5-19(6-8-21)12-18(23)22(14-19)9-10-24-2/h3-4,11H,5-10,12-14H2,1-2H3. The number of carbonyl (C=O) groups excluding carboxylic acids is 1. The smallest absolute Gasteiger partial charge is 0.223 e. The molecule has 2 fully saturated rings. The number of piperidine rings is 1. The van der Waals surface area contributed by atoms with Gasteiger partial charge in [0.25, 0.3) is 0 Å². The lowest BCUT2D eigenvalue weighted by Gasteiger charge is -2.39. The Bertz CT molecular complexity index is 597. The van der Waals surface area contributed by atoms with Crippen LogP contribution in [0.2, 0.25) is 0 Å². The van der Waals surface area contributed by atoms with Crippen molar-refractivity contribution in [3.8, 4) is 0 Å². The molecule has 0 aliphatic carbocycles. The molecule has 3 rings (SSSR count). The number of methoxy groups -OCH3 is 1. The van der Waals surface area contributed by atoms with Crippen LogP contribution in [-0.4, -0.2) is 55.6 Å². The predicted molar refractivity (Wildman–Crippen MR) is 91.2 cm³/mol. The van der Waals surface area contributed by atoms with Crippen LogP contribution < -0.4 is 0 Å². The van der Waals surface area contributed by atoms with Crippen LogP contribution in [0.25, 0.3) is 0 Å². The zero-order valence-electron chi connectivity index (χ0n) is 14.7. The first-order valence-electron chi connectivity index (χ1n) is 8.75. The van der Waals surface area contributed by atoms with Gasteiger partial charge in [-0.25, -0.2) is 4.39 Å². The second kappa shape index (κ2) is 7.19. The third kappa shape index (κ3) is 3.78. The third-order valence-electron chi connectivity index (χ3n) is 5.48. The number of aryl methyl sites for hydroxylation is 1. The Morgan fingerprint density at radius 3 is 2.75 bits per heavy atom. The van der Waals surface area contributed by atoms with Gasteiger partial charge in [-0.3, -0.25) is 9.69 Å². The molecule has 24 heavy (non-hydrogen) atoms. The molecule has 2 saturated heterocycles. The fraction of sp³-hybridized carbons (Fsp3) is 0.632. The molecule has 2 heterocycles. The number of carbonyl (C=O) groups is 1. The maximum Gasteiger partial charge on any atom is 0.223 e. The van der Waals surface area contributed by atoms with E-state index in [0.717, 1.165) is 43.6 Å². The number of nitrogens with zero attached hydrogens (tertiary/aromatic N) is 2. The molecular weight excluding hydrogens is 307 g/mol. The van der Waals surface area contributed by atoms with E-state index in [1.807, 2.05) is 24.0 Å². The summed E-state index contributed by atoms with van der Waals surface area (Å²) in [4.78, 5) is 16.5. The highest BCUT2D eigenvalue weighted by Crippen LogP contribution is 2.41. The van der Waals surface area contributed by atoms with Crippen LogP contribution in [0.3, 0.4) is 0 Å². The van der Waals surface area contributed by atoms with Crippen molar-refractivity contribution in [2.45, 2.75) is 32.7 Å². The van der Waals surface area contributed by atoms with Crippen LogP contribution in [-0.2, 0) is 16.1 Å². The lowest BCUT2D eigenvalue weighted by Crippen LogP contribution is -2.41. The maximum atomic E-state index is 14.0. The first kappa shape index (κ1) is 17.4. The summed E-state index contributed by atoms with van der Waals surface area (Å²) in [6.07, 6.45) is 2.68. The molecule has 1 aromatic carbocycles. The van der Waals surface area contributed by atoms with Gasteiger partial charge in [-0.1, -0.05) is 17.7 Å². The first-order chi connectivity index (χ1) is 11.5. The lowest BCUT2D eigenvalue weighted by molar-refractivity contribution is -0.128. The fourth-order valence-corrected chi connectivity index (χ4v) is 3.97. The molecule has 0 aromatic heterocycles. The molecule has 0 N–H and O–H groups in total. The number of hydrogen-bond acceptors (Lipinski definition) is 3. The number of amides is 1. The van der Waals surface area contributed by atoms with Gasteiger partial charge in [0.15, 0.2) is 0 Å².